The van der Waals surface area contributed by atoms with Gasteiger partial charge in [0.05, 0.1) is 19.8 Å². The molecule has 0 atom stereocenters. The second-order valence-corrected chi connectivity index (χ2v) is 8.62. The number of ether oxygens (including phenoxy) is 1. The minimum Gasteiger partial charge on any atom is -0.379 e. The zero-order valence-electron chi connectivity index (χ0n) is 16.6. The summed E-state index contributed by atoms with van der Waals surface area (Å²) in [5.74, 6) is 0.901. The van der Waals surface area contributed by atoms with Gasteiger partial charge in [0.1, 0.15) is 5.01 Å². The fourth-order valence-electron chi connectivity index (χ4n) is 4.06. The first kappa shape index (κ1) is 22.8. The van der Waals surface area contributed by atoms with Gasteiger partial charge >= 0.3 is 0 Å². The van der Waals surface area contributed by atoms with Gasteiger partial charge < -0.3 is 15.4 Å². The van der Waals surface area contributed by atoms with Gasteiger partial charge in [0.25, 0.3) is 0 Å². The van der Waals surface area contributed by atoms with E-state index in [-0.39, 0.29) is 29.5 Å². The maximum absolute atomic E-state index is 5.59. The second-order valence-electron chi connectivity index (χ2n) is 7.30. The van der Waals surface area contributed by atoms with E-state index in [2.05, 4.69) is 34.4 Å². The highest BCUT2D eigenvalue weighted by molar-refractivity contribution is 14.0. The van der Waals surface area contributed by atoms with Gasteiger partial charge in [-0.05, 0) is 26.7 Å². The molecule has 0 radical (unpaired) electrons. The summed E-state index contributed by atoms with van der Waals surface area (Å²) in [7, 11) is 0. The van der Waals surface area contributed by atoms with E-state index in [9.17, 15) is 0 Å². The third kappa shape index (κ3) is 6.54. The predicted molar refractivity (Wildman–Crippen MR) is 123 cm³/mol. The lowest BCUT2D eigenvalue weighted by molar-refractivity contribution is -0.0352. The van der Waals surface area contributed by atoms with Crippen LogP contribution in [0.3, 0.4) is 0 Å². The quantitative estimate of drug-likeness (QED) is 0.352. The van der Waals surface area contributed by atoms with Crippen molar-refractivity contribution >= 4 is 41.3 Å². The molecule has 0 spiro atoms. The number of guanidine groups is 1. The predicted octanol–water partition coefficient (Wildman–Crippen LogP) is 3.16. The zero-order chi connectivity index (χ0) is 18.2. The van der Waals surface area contributed by atoms with Crippen LogP contribution in [-0.4, -0.2) is 60.8 Å². The molecule has 2 aliphatic rings. The van der Waals surface area contributed by atoms with Crippen LogP contribution in [0.4, 0.5) is 0 Å². The molecule has 1 aromatic rings. The van der Waals surface area contributed by atoms with E-state index in [1.807, 2.05) is 6.20 Å². The molecule has 2 fully saturated rings. The maximum Gasteiger partial charge on any atom is 0.191 e. The van der Waals surface area contributed by atoms with Crippen molar-refractivity contribution < 1.29 is 4.74 Å². The summed E-state index contributed by atoms with van der Waals surface area (Å²) in [5, 5.41) is 8.10. The molecule has 8 heteroatoms. The molecule has 0 unspecified atom stereocenters. The number of nitrogens with zero attached hydrogens (tertiary/aromatic N) is 3. The fraction of sp³-hybridized carbons (Fsp3) is 0.789. The van der Waals surface area contributed by atoms with Crippen LogP contribution in [0.1, 0.15) is 48.9 Å². The summed E-state index contributed by atoms with van der Waals surface area (Å²) in [6.07, 6.45) is 8.47. The van der Waals surface area contributed by atoms with E-state index in [0.29, 0.717) is 6.54 Å². The Kier molecular flexibility index (Phi) is 9.75. The molecule has 0 bridgehead atoms. The van der Waals surface area contributed by atoms with Crippen molar-refractivity contribution in [3.05, 3.63) is 16.1 Å². The van der Waals surface area contributed by atoms with Crippen molar-refractivity contribution in [2.24, 2.45) is 4.99 Å². The molecule has 1 saturated heterocycles. The summed E-state index contributed by atoms with van der Waals surface area (Å²) in [5.41, 5.74) is 0.246. The smallest absolute Gasteiger partial charge is 0.191 e. The molecule has 1 saturated carbocycles. The first-order chi connectivity index (χ1) is 12.7. The first-order valence-corrected chi connectivity index (χ1v) is 10.8. The van der Waals surface area contributed by atoms with Gasteiger partial charge in [-0.15, -0.1) is 35.3 Å². The number of aliphatic imine (C=N–C) groups is 1. The Balaban J connectivity index is 0.00000261. The molecule has 154 valence electrons. The van der Waals surface area contributed by atoms with Gasteiger partial charge in [-0.3, -0.25) is 4.90 Å². The second kappa shape index (κ2) is 11.5. The number of nitrogens with one attached hydrogen (secondary N) is 2. The molecule has 3 rings (SSSR count). The van der Waals surface area contributed by atoms with Crippen LogP contribution < -0.4 is 10.6 Å². The van der Waals surface area contributed by atoms with E-state index in [4.69, 9.17) is 9.73 Å². The number of rotatable bonds is 6. The third-order valence-corrected chi connectivity index (χ3v) is 6.33. The number of halogens is 1. The largest absolute Gasteiger partial charge is 0.379 e. The van der Waals surface area contributed by atoms with Crippen molar-refractivity contribution in [3.8, 4) is 0 Å². The van der Waals surface area contributed by atoms with Crippen molar-refractivity contribution in [2.45, 2.75) is 58.0 Å². The van der Waals surface area contributed by atoms with E-state index in [0.717, 1.165) is 50.4 Å². The highest BCUT2D eigenvalue weighted by atomic mass is 127. The van der Waals surface area contributed by atoms with E-state index < -0.39 is 0 Å². The molecule has 0 amide bonds. The van der Waals surface area contributed by atoms with Crippen molar-refractivity contribution in [3.63, 3.8) is 0 Å². The van der Waals surface area contributed by atoms with Crippen LogP contribution >= 0.6 is 35.3 Å². The fourth-order valence-corrected chi connectivity index (χ4v) is 4.78. The molecule has 6 nitrogen and oxygen atoms in total. The molecule has 1 aromatic heterocycles. The molecule has 2 heterocycles. The van der Waals surface area contributed by atoms with E-state index in [1.54, 1.807) is 11.3 Å². The van der Waals surface area contributed by atoms with Gasteiger partial charge in [-0.25, -0.2) is 9.98 Å². The number of hydrogen-bond donors (Lipinski definition) is 2. The Labute approximate surface area is 184 Å². The standard InChI is InChI=1S/C19H33N5OS.HI/c1-3-20-18(22-14-17-21-13-16(2)26-17)23-15-19(7-5-4-6-8-19)24-9-11-25-12-10-24;/h13H,3-12,14-15H2,1-2H3,(H2,20,22,23);1H. The number of morpholine rings is 1. The van der Waals surface area contributed by atoms with E-state index in [1.165, 1.54) is 37.0 Å². The van der Waals surface area contributed by atoms with Crippen molar-refractivity contribution in [2.75, 3.05) is 39.4 Å². The molecule has 1 aliphatic carbocycles. The van der Waals surface area contributed by atoms with Crippen LogP contribution in [0.2, 0.25) is 0 Å². The SMILES string of the molecule is CCNC(=NCc1ncc(C)s1)NCC1(N2CCOCC2)CCCCC1.I. The monoisotopic (exact) mass is 507 g/mol. The minimum absolute atomic E-state index is 0. The summed E-state index contributed by atoms with van der Waals surface area (Å²) in [6, 6.07) is 0. The number of aryl methyl sites for hydroxylation is 1. The van der Waals surface area contributed by atoms with Crippen LogP contribution in [0, 0.1) is 6.92 Å². The van der Waals surface area contributed by atoms with Crippen LogP contribution in [0.5, 0.6) is 0 Å². The molecular formula is C19H34IN5OS. The van der Waals surface area contributed by atoms with Crippen LogP contribution in [0.25, 0.3) is 0 Å². The zero-order valence-corrected chi connectivity index (χ0v) is 19.8. The van der Waals surface area contributed by atoms with Gasteiger partial charge in [0, 0.05) is 42.8 Å². The number of aromatic nitrogens is 1. The average molecular weight is 507 g/mol. The Morgan fingerprint density at radius 2 is 2.00 bits per heavy atom. The number of hydrogen-bond acceptors (Lipinski definition) is 5. The summed E-state index contributed by atoms with van der Waals surface area (Å²) in [6.45, 7) is 10.5. The summed E-state index contributed by atoms with van der Waals surface area (Å²) < 4.78 is 5.59. The first-order valence-electron chi connectivity index (χ1n) is 9.98. The molecule has 27 heavy (non-hydrogen) atoms. The van der Waals surface area contributed by atoms with Gasteiger partial charge in [-0.2, -0.15) is 0 Å². The van der Waals surface area contributed by atoms with Gasteiger partial charge in [0.2, 0.25) is 0 Å². The normalized spacial score (nSPS) is 20.7. The summed E-state index contributed by atoms with van der Waals surface area (Å²) in [4.78, 5) is 13.1. The van der Waals surface area contributed by atoms with Crippen LogP contribution in [0.15, 0.2) is 11.2 Å². The molecule has 2 N–H and O–H groups in total. The van der Waals surface area contributed by atoms with Crippen molar-refractivity contribution in [1.82, 2.24) is 20.5 Å². The topological polar surface area (TPSA) is 61.8 Å². The summed E-state index contributed by atoms with van der Waals surface area (Å²) >= 11 is 1.72. The lowest BCUT2D eigenvalue weighted by Gasteiger charge is -2.48. The lowest BCUT2D eigenvalue weighted by atomic mass is 9.80. The third-order valence-electron chi connectivity index (χ3n) is 5.44. The molecule has 1 aliphatic heterocycles. The van der Waals surface area contributed by atoms with Gasteiger partial charge in [-0.1, -0.05) is 19.3 Å². The van der Waals surface area contributed by atoms with Crippen LogP contribution in [-0.2, 0) is 11.3 Å². The van der Waals surface area contributed by atoms with Gasteiger partial charge in [0.15, 0.2) is 5.96 Å². The Morgan fingerprint density at radius 1 is 1.26 bits per heavy atom. The van der Waals surface area contributed by atoms with Crippen molar-refractivity contribution in [1.29, 1.82) is 0 Å². The van der Waals surface area contributed by atoms with E-state index >= 15 is 0 Å². The highest BCUT2D eigenvalue weighted by Gasteiger charge is 2.38. The molecule has 0 aromatic carbocycles. The Hall–Kier alpha value is -0.450. The maximum atomic E-state index is 5.59. The Morgan fingerprint density at radius 3 is 2.63 bits per heavy atom. The minimum atomic E-state index is 0. The lowest BCUT2D eigenvalue weighted by Crippen LogP contribution is -2.60. The highest BCUT2D eigenvalue weighted by Crippen LogP contribution is 2.33. The average Bonchev–Trinajstić information content (AvgIpc) is 3.11. The number of thiazole rings is 1. The molecular weight excluding hydrogens is 473 g/mol. The Bertz CT molecular complexity index is 582.